The maximum Gasteiger partial charge on any atom is 0.410 e. The molecule has 1 saturated heterocycles. The summed E-state index contributed by atoms with van der Waals surface area (Å²) in [6, 6.07) is 1.87. The van der Waals surface area contributed by atoms with Gasteiger partial charge in [0.2, 0.25) is 0 Å². The first-order chi connectivity index (χ1) is 11.2. The van der Waals surface area contributed by atoms with Gasteiger partial charge < -0.3 is 14.6 Å². The summed E-state index contributed by atoms with van der Waals surface area (Å²) in [5, 5.41) is 0. The van der Waals surface area contributed by atoms with E-state index in [1.165, 1.54) is 0 Å². The SMILES string of the molecule is CC(C)(C)OC(=O)N1CCC(n2c(=O)[nH]c3cc(Br)cnc32)CC1. The fraction of sp³-hybridized carbons (Fsp3) is 0.562. The van der Waals surface area contributed by atoms with Crippen molar-refractivity contribution in [2.75, 3.05) is 13.1 Å². The van der Waals surface area contributed by atoms with Crippen LogP contribution in [-0.2, 0) is 4.74 Å². The molecule has 1 fully saturated rings. The highest BCUT2D eigenvalue weighted by molar-refractivity contribution is 9.10. The van der Waals surface area contributed by atoms with E-state index in [0.29, 0.717) is 37.1 Å². The van der Waals surface area contributed by atoms with Gasteiger partial charge in [-0.25, -0.2) is 14.6 Å². The molecule has 1 aliphatic heterocycles. The van der Waals surface area contributed by atoms with E-state index in [2.05, 4.69) is 25.9 Å². The smallest absolute Gasteiger partial charge is 0.410 e. The van der Waals surface area contributed by atoms with Gasteiger partial charge in [-0.2, -0.15) is 0 Å². The van der Waals surface area contributed by atoms with E-state index in [1.807, 2.05) is 26.8 Å². The number of nitrogens with one attached hydrogen (secondary N) is 1. The first kappa shape index (κ1) is 17.0. The number of halogens is 1. The molecule has 2 aromatic rings. The number of ether oxygens (including phenoxy) is 1. The van der Waals surface area contributed by atoms with Crippen LogP contribution in [0.4, 0.5) is 4.79 Å². The fourth-order valence-corrected chi connectivity index (χ4v) is 3.29. The largest absolute Gasteiger partial charge is 0.444 e. The number of aromatic amines is 1. The summed E-state index contributed by atoms with van der Waals surface area (Å²) in [7, 11) is 0. The number of carbonyl (C=O) groups is 1. The summed E-state index contributed by atoms with van der Waals surface area (Å²) in [4.78, 5) is 33.3. The lowest BCUT2D eigenvalue weighted by molar-refractivity contribution is 0.0189. The van der Waals surface area contributed by atoms with Gasteiger partial charge in [0.15, 0.2) is 5.65 Å². The van der Waals surface area contributed by atoms with Gasteiger partial charge in [0.05, 0.1) is 5.52 Å². The quantitative estimate of drug-likeness (QED) is 0.802. The first-order valence-electron chi connectivity index (χ1n) is 7.98. The third-order valence-electron chi connectivity index (χ3n) is 4.00. The number of carbonyl (C=O) groups excluding carboxylic acids is 1. The van der Waals surface area contributed by atoms with Gasteiger partial charge in [-0.3, -0.25) is 4.57 Å². The molecular formula is C16H21BrN4O3. The van der Waals surface area contributed by atoms with E-state index in [4.69, 9.17) is 4.74 Å². The van der Waals surface area contributed by atoms with Crippen LogP contribution in [0.2, 0.25) is 0 Å². The number of rotatable bonds is 1. The molecule has 0 bridgehead atoms. The number of aromatic nitrogens is 3. The molecule has 7 nitrogen and oxygen atoms in total. The lowest BCUT2D eigenvalue weighted by atomic mass is 10.1. The highest BCUT2D eigenvalue weighted by atomic mass is 79.9. The molecule has 1 amide bonds. The lowest BCUT2D eigenvalue weighted by Crippen LogP contribution is -2.43. The van der Waals surface area contributed by atoms with Gasteiger partial charge in [0, 0.05) is 29.8 Å². The summed E-state index contributed by atoms with van der Waals surface area (Å²) in [6.45, 7) is 6.69. The van der Waals surface area contributed by atoms with E-state index in [1.54, 1.807) is 15.7 Å². The first-order valence-corrected chi connectivity index (χ1v) is 8.77. The molecule has 8 heteroatoms. The maximum atomic E-state index is 12.3. The van der Waals surface area contributed by atoms with E-state index < -0.39 is 5.60 Å². The molecular weight excluding hydrogens is 376 g/mol. The Hall–Kier alpha value is -1.83. The molecule has 0 unspecified atom stereocenters. The Balaban J connectivity index is 1.75. The Labute approximate surface area is 148 Å². The van der Waals surface area contributed by atoms with Crippen molar-refractivity contribution in [3.8, 4) is 0 Å². The zero-order valence-corrected chi connectivity index (χ0v) is 15.6. The zero-order valence-electron chi connectivity index (χ0n) is 14.0. The van der Waals surface area contributed by atoms with Gasteiger partial charge in [-0.05, 0) is 55.6 Å². The number of piperidine rings is 1. The van der Waals surface area contributed by atoms with Crippen LogP contribution >= 0.6 is 15.9 Å². The molecule has 0 radical (unpaired) electrons. The molecule has 130 valence electrons. The van der Waals surface area contributed by atoms with Crippen molar-refractivity contribution in [2.45, 2.75) is 45.3 Å². The Kier molecular flexibility index (Phi) is 4.42. The zero-order chi connectivity index (χ0) is 17.5. The van der Waals surface area contributed by atoms with E-state index in [9.17, 15) is 9.59 Å². The standard InChI is InChI=1S/C16H21BrN4O3/c1-16(2,3)24-15(23)20-6-4-11(5-7-20)21-13-12(19-14(21)22)8-10(17)9-18-13/h8-9,11H,4-7H2,1-3H3,(H,19,22). The van der Waals surface area contributed by atoms with Crippen LogP contribution in [-0.4, -0.2) is 44.2 Å². The molecule has 2 aromatic heterocycles. The third kappa shape index (κ3) is 3.48. The van der Waals surface area contributed by atoms with Crippen LogP contribution in [0.5, 0.6) is 0 Å². The van der Waals surface area contributed by atoms with Crippen LogP contribution in [0.25, 0.3) is 11.2 Å². The number of imidazole rings is 1. The molecule has 1 N–H and O–H groups in total. The number of pyridine rings is 1. The van der Waals surface area contributed by atoms with Crippen molar-refractivity contribution in [1.82, 2.24) is 19.4 Å². The number of amides is 1. The third-order valence-corrected chi connectivity index (χ3v) is 4.44. The second-order valence-electron chi connectivity index (χ2n) is 7.02. The average Bonchev–Trinajstić information content (AvgIpc) is 2.80. The molecule has 3 rings (SSSR count). The molecule has 0 saturated carbocycles. The van der Waals surface area contributed by atoms with Gasteiger partial charge in [0.25, 0.3) is 0 Å². The summed E-state index contributed by atoms with van der Waals surface area (Å²) in [5.41, 5.74) is 0.702. The van der Waals surface area contributed by atoms with Crippen LogP contribution in [0.3, 0.4) is 0 Å². The number of nitrogens with zero attached hydrogens (tertiary/aromatic N) is 3. The normalized spacial score (nSPS) is 16.6. The summed E-state index contributed by atoms with van der Waals surface area (Å²) >= 11 is 3.36. The number of fused-ring (bicyclic) bond motifs is 1. The van der Waals surface area contributed by atoms with Crippen molar-refractivity contribution >= 4 is 33.2 Å². The number of likely N-dealkylation sites (tertiary alicyclic amines) is 1. The van der Waals surface area contributed by atoms with Gasteiger partial charge in [-0.15, -0.1) is 0 Å². The molecule has 0 atom stereocenters. The minimum atomic E-state index is -0.501. The van der Waals surface area contributed by atoms with Crippen molar-refractivity contribution in [2.24, 2.45) is 0 Å². The number of hydrogen-bond acceptors (Lipinski definition) is 4. The highest BCUT2D eigenvalue weighted by Gasteiger charge is 2.29. The Morgan fingerprint density at radius 3 is 2.67 bits per heavy atom. The maximum absolute atomic E-state index is 12.3. The van der Waals surface area contributed by atoms with Crippen molar-refractivity contribution < 1.29 is 9.53 Å². The van der Waals surface area contributed by atoms with Gasteiger partial charge in [-0.1, -0.05) is 0 Å². The van der Waals surface area contributed by atoms with Crippen molar-refractivity contribution in [3.63, 3.8) is 0 Å². The van der Waals surface area contributed by atoms with E-state index in [-0.39, 0.29) is 17.8 Å². The number of H-pyrrole nitrogens is 1. The molecule has 24 heavy (non-hydrogen) atoms. The second-order valence-corrected chi connectivity index (χ2v) is 7.94. The van der Waals surface area contributed by atoms with Crippen LogP contribution in [0.15, 0.2) is 21.5 Å². The molecule has 0 aliphatic carbocycles. The lowest BCUT2D eigenvalue weighted by Gasteiger charge is -2.33. The highest BCUT2D eigenvalue weighted by Crippen LogP contribution is 2.26. The second kappa shape index (κ2) is 6.23. The van der Waals surface area contributed by atoms with Crippen LogP contribution in [0, 0.1) is 0 Å². The summed E-state index contributed by atoms with van der Waals surface area (Å²) < 4.78 is 7.93. The molecule has 0 aromatic carbocycles. The van der Waals surface area contributed by atoms with Crippen LogP contribution in [0.1, 0.15) is 39.7 Å². The van der Waals surface area contributed by atoms with E-state index in [0.717, 1.165) is 4.47 Å². The monoisotopic (exact) mass is 396 g/mol. The van der Waals surface area contributed by atoms with Gasteiger partial charge in [0.1, 0.15) is 5.60 Å². The molecule has 0 spiro atoms. The topological polar surface area (TPSA) is 80.2 Å². The fourth-order valence-electron chi connectivity index (χ4n) is 2.96. The predicted octanol–water partition coefficient (Wildman–Crippen LogP) is 3.06. The summed E-state index contributed by atoms with van der Waals surface area (Å²) in [6.07, 6.45) is 2.78. The Bertz CT molecular complexity index is 813. The molecule has 3 heterocycles. The number of hydrogen-bond donors (Lipinski definition) is 1. The minimum absolute atomic E-state index is 0.0265. The average molecular weight is 397 g/mol. The molecule has 1 aliphatic rings. The van der Waals surface area contributed by atoms with Crippen LogP contribution < -0.4 is 5.69 Å². The van der Waals surface area contributed by atoms with Crippen molar-refractivity contribution in [3.05, 3.63) is 27.2 Å². The van der Waals surface area contributed by atoms with E-state index >= 15 is 0 Å². The Morgan fingerprint density at radius 1 is 1.38 bits per heavy atom. The minimum Gasteiger partial charge on any atom is -0.444 e. The summed E-state index contributed by atoms with van der Waals surface area (Å²) in [5.74, 6) is 0. The Morgan fingerprint density at radius 2 is 2.04 bits per heavy atom. The van der Waals surface area contributed by atoms with Gasteiger partial charge >= 0.3 is 11.8 Å². The van der Waals surface area contributed by atoms with Crippen molar-refractivity contribution in [1.29, 1.82) is 0 Å². The predicted molar refractivity (Wildman–Crippen MR) is 94.1 cm³/mol.